The van der Waals surface area contributed by atoms with Crippen LogP contribution in [0.15, 0.2) is 66.7 Å². The average molecular weight is 374 g/mol. The van der Waals surface area contributed by atoms with E-state index in [1.165, 1.54) is 4.88 Å². The van der Waals surface area contributed by atoms with Gasteiger partial charge in [-0.15, -0.1) is 23.1 Å². The minimum Gasteiger partial charge on any atom is -0.325 e. The molecule has 3 rings (SSSR count). The first kappa shape index (κ1) is 17.1. The maximum absolute atomic E-state index is 12.2. The van der Waals surface area contributed by atoms with Crippen molar-refractivity contribution < 1.29 is 4.79 Å². The summed E-state index contributed by atoms with van der Waals surface area (Å²) in [7, 11) is 0. The maximum Gasteiger partial charge on any atom is 0.234 e. The van der Waals surface area contributed by atoms with Crippen LogP contribution in [-0.4, -0.2) is 11.7 Å². The largest absolute Gasteiger partial charge is 0.325 e. The van der Waals surface area contributed by atoms with Gasteiger partial charge < -0.3 is 5.32 Å². The second-order valence-electron chi connectivity index (χ2n) is 5.16. The van der Waals surface area contributed by atoms with E-state index in [1.54, 1.807) is 23.1 Å². The van der Waals surface area contributed by atoms with Gasteiger partial charge in [-0.25, -0.2) is 0 Å². The van der Waals surface area contributed by atoms with Gasteiger partial charge in [0.05, 0.1) is 10.1 Å². The molecule has 0 aliphatic carbocycles. The zero-order valence-electron chi connectivity index (χ0n) is 12.9. The molecule has 0 saturated heterocycles. The summed E-state index contributed by atoms with van der Waals surface area (Å²) in [6, 6.07) is 21.8. The summed E-state index contributed by atoms with van der Waals surface area (Å²) in [5.74, 6) is 1.22. The van der Waals surface area contributed by atoms with Crippen molar-refractivity contribution in [2.45, 2.75) is 5.75 Å². The number of carbonyl (C=O) groups excluding carboxylic acids is 1. The van der Waals surface area contributed by atoms with Gasteiger partial charge >= 0.3 is 0 Å². The molecule has 0 unspecified atom stereocenters. The van der Waals surface area contributed by atoms with E-state index in [4.69, 9.17) is 11.6 Å². The third-order valence-corrected chi connectivity index (χ3v) is 5.79. The smallest absolute Gasteiger partial charge is 0.234 e. The molecule has 122 valence electrons. The second kappa shape index (κ2) is 8.38. The summed E-state index contributed by atoms with van der Waals surface area (Å²) < 4.78 is 0.784. The Labute approximate surface area is 154 Å². The Morgan fingerprint density at radius 1 is 1.00 bits per heavy atom. The van der Waals surface area contributed by atoms with Crippen LogP contribution in [0, 0.1) is 0 Å². The summed E-state index contributed by atoms with van der Waals surface area (Å²) >= 11 is 9.06. The van der Waals surface area contributed by atoms with Gasteiger partial charge in [-0.3, -0.25) is 4.79 Å². The van der Waals surface area contributed by atoms with E-state index in [0.717, 1.165) is 26.9 Å². The normalized spacial score (nSPS) is 10.5. The second-order valence-corrected chi connectivity index (χ2v) is 7.94. The van der Waals surface area contributed by atoms with Crippen LogP contribution in [-0.2, 0) is 10.5 Å². The SMILES string of the molecule is O=C(CSCc1ccc(Cl)s1)Nc1ccccc1-c1ccccc1. The molecule has 5 heteroatoms. The van der Waals surface area contributed by atoms with E-state index in [-0.39, 0.29) is 5.91 Å². The van der Waals surface area contributed by atoms with Crippen LogP contribution < -0.4 is 5.32 Å². The highest BCUT2D eigenvalue weighted by Crippen LogP contribution is 2.28. The molecule has 24 heavy (non-hydrogen) atoms. The van der Waals surface area contributed by atoms with Gasteiger partial charge in [-0.05, 0) is 23.8 Å². The van der Waals surface area contributed by atoms with Crippen LogP contribution in [0.2, 0.25) is 4.34 Å². The number of hydrogen-bond donors (Lipinski definition) is 1. The molecule has 1 heterocycles. The fourth-order valence-corrected chi connectivity index (χ4v) is 4.35. The van der Waals surface area contributed by atoms with E-state index in [9.17, 15) is 4.79 Å². The highest BCUT2D eigenvalue weighted by atomic mass is 35.5. The van der Waals surface area contributed by atoms with E-state index in [1.807, 2.05) is 66.7 Å². The first-order chi connectivity index (χ1) is 11.7. The molecule has 0 atom stereocenters. The number of para-hydroxylation sites is 1. The molecule has 0 saturated carbocycles. The molecule has 1 aromatic heterocycles. The van der Waals surface area contributed by atoms with Crippen molar-refractivity contribution in [1.82, 2.24) is 0 Å². The average Bonchev–Trinajstić information content (AvgIpc) is 3.01. The third-order valence-electron chi connectivity index (χ3n) is 3.39. The van der Waals surface area contributed by atoms with Crippen molar-refractivity contribution in [3.63, 3.8) is 0 Å². The number of rotatable bonds is 6. The molecular formula is C19H16ClNOS2. The van der Waals surface area contributed by atoms with Crippen LogP contribution >= 0.6 is 34.7 Å². The predicted octanol–water partition coefficient (Wildman–Crippen LogP) is 5.94. The predicted molar refractivity (Wildman–Crippen MR) is 106 cm³/mol. The number of anilines is 1. The first-order valence-electron chi connectivity index (χ1n) is 7.48. The standard InChI is InChI=1S/C19H16ClNOS2/c20-18-11-10-15(24-18)12-23-13-19(22)21-17-9-5-4-8-16(17)14-6-2-1-3-7-14/h1-11H,12-13H2,(H,21,22). The van der Waals surface area contributed by atoms with Gasteiger partial charge in [0.15, 0.2) is 0 Å². The molecule has 1 amide bonds. The number of nitrogens with one attached hydrogen (secondary N) is 1. The molecular weight excluding hydrogens is 358 g/mol. The monoisotopic (exact) mass is 373 g/mol. The number of thioether (sulfide) groups is 1. The molecule has 0 radical (unpaired) electrons. The molecule has 3 aromatic rings. The van der Waals surface area contributed by atoms with E-state index in [2.05, 4.69) is 5.32 Å². The lowest BCUT2D eigenvalue weighted by Gasteiger charge is -2.11. The Balaban J connectivity index is 1.60. The van der Waals surface area contributed by atoms with Gasteiger partial charge in [0.25, 0.3) is 0 Å². The lowest BCUT2D eigenvalue weighted by Crippen LogP contribution is -2.14. The Morgan fingerprint density at radius 2 is 1.75 bits per heavy atom. The number of amides is 1. The Hall–Kier alpha value is -1.75. The molecule has 0 fully saturated rings. The van der Waals surface area contributed by atoms with Crippen LogP contribution in [0.3, 0.4) is 0 Å². The summed E-state index contributed by atoms with van der Waals surface area (Å²) in [4.78, 5) is 13.4. The fraction of sp³-hybridized carbons (Fsp3) is 0.105. The van der Waals surface area contributed by atoms with Crippen LogP contribution in [0.4, 0.5) is 5.69 Å². The molecule has 0 aliphatic rings. The van der Waals surface area contributed by atoms with Gasteiger partial charge in [0.1, 0.15) is 0 Å². The highest BCUT2D eigenvalue weighted by Gasteiger charge is 2.08. The van der Waals surface area contributed by atoms with Crippen molar-refractivity contribution in [3.05, 3.63) is 75.9 Å². The van der Waals surface area contributed by atoms with Gasteiger partial charge in [-0.1, -0.05) is 60.1 Å². The number of benzene rings is 2. The number of halogens is 1. The van der Waals surface area contributed by atoms with Crippen molar-refractivity contribution >= 4 is 46.3 Å². The molecule has 1 N–H and O–H groups in total. The summed E-state index contributed by atoms with van der Waals surface area (Å²) in [5, 5.41) is 3.02. The Morgan fingerprint density at radius 3 is 2.50 bits per heavy atom. The van der Waals surface area contributed by atoms with E-state index < -0.39 is 0 Å². The zero-order chi connectivity index (χ0) is 16.8. The lowest BCUT2D eigenvalue weighted by atomic mass is 10.0. The van der Waals surface area contributed by atoms with Gasteiger partial charge in [0, 0.05) is 21.9 Å². The van der Waals surface area contributed by atoms with Crippen LogP contribution in [0.5, 0.6) is 0 Å². The number of thiophene rings is 1. The maximum atomic E-state index is 12.2. The highest BCUT2D eigenvalue weighted by molar-refractivity contribution is 7.99. The van der Waals surface area contributed by atoms with E-state index in [0.29, 0.717) is 5.75 Å². The van der Waals surface area contributed by atoms with E-state index >= 15 is 0 Å². The minimum atomic E-state index is 0.00559. The number of carbonyl (C=O) groups is 1. The summed E-state index contributed by atoms with van der Waals surface area (Å²) in [5.41, 5.74) is 2.96. The summed E-state index contributed by atoms with van der Waals surface area (Å²) in [6.07, 6.45) is 0. The zero-order valence-corrected chi connectivity index (χ0v) is 15.3. The van der Waals surface area contributed by atoms with Crippen molar-refractivity contribution in [3.8, 4) is 11.1 Å². The number of hydrogen-bond acceptors (Lipinski definition) is 3. The topological polar surface area (TPSA) is 29.1 Å². The molecule has 2 nitrogen and oxygen atoms in total. The van der Waals surface area contributed by atoms with Crippen molar-refractivity contribution in [2.75, 3.05) is 11.1 Å². The van der Waals surface area contributed by atoms with Crippen LogP contribution in [0.25, 0.3) is 11.1 Å². The minimum absolute atomic E-state index is 0.00559. The molecule has 0 aliphatic heterocycles. The Kier molecular flexibility index (Phi) is 5.96. The van der Waals surface area contributed by atoms with Gasteiger partial charge in [0.2, 0.25) is 5.91 Å². The molecule has 0 bridgehead atoms. The van der Waals surface area contributed by atoms with Crippen molar-refractivity contribution in [1.29, 1.82) is 0 Å². The fourth-order valence-electron chi connectivity index (χ4n) is 2.32. The third kappa shape index (κ3) is 4.63. The quantitative estimate of drug-likeness (QED) is 0.579. The molecule has 0 spiro atoms. The summed E-state index contributed by atoms with van der Waals surface area (Å²) in [6.45, 7) is 0. The first-order valence-corrected chi connectivity index (χ1v) is 9.83. The van der Waals surface area contributed by atoms with Crippen LogP contribution in [0.1, 0.15) is 4.88 Å². The Bertz CT molecular complexity index is 817. The van der Waals surface area contributed by atoms with Gasteiger partial charge in [-0.2, -0.15) is 0 Å². The molecule has 2 aromatic carbocycles. The van der Waals surface area contributed by atoms with Crippen molar-refractivity contribution in [2.24, 2.45) is 0 Å². The lowest BCUT2D eigenvalue weighted by molar-refractivity contribution is -0.113.